The summed E-state index contributed by atoms with van der Waals surface area (Å²) in [6, 6.07) is 2.32. The summed E-state index contributed by atoms with van der Waals surface area (Å²) in [5, 5.41) is 15.0. The van der Waals surface area contributed by atoms with Gasteiger partial charge in [0.25, 0.3) is 0 Å². The van der Waals surface area contributed by atoms with Crippen LogP contribution in [0.1, 0.15) is 19.4 Å². The number of ether oxygens (including phenoxy) is 1. The van der Waals surface area contributed by atoms with Crippen molar-refractivity contribution in [3.8, 4) is 0 Å². The predicted molar refractivity (Wildman–Crippen MR) is 81.0 cm³/mol. The van der Waals surface area contributed by atoms with Crippen LogP contribution < -0.4 is 0 Å². The minimum absolute atomic E-state index is 0.437. The smallest absolute Gasteiger partial charge is 0.382 e. The topological polar surface area (TPSA) is 60.2 Å². The van der Waals surface area contributed by atoms with E-state index in [2.05, 4.69) is 14.8 Å². The van der Waals surface area contributed by atoms with Gasteiger partial charge in [0.15, 0.2) is 0 Å². The molecular formula is C16H17F6N3O2. The third kappa shape index (κ3) is 4.41. The van der Waals surface area contributed by atoms with Crippen molar-refractivity contribution < 1.29 is 36.2 Å². The molecule has 1 aromatic heterocycles. The van der Waals surface area contributed by atoms with Crippen LogP contribution in [-0.2, 0) is 16.9 Å². The van der Waals surface area contributed by atoms with Crippen LogP contribution >= 0.6 is 0 Å². The van der Waals surface area contributed by atoms with Crippen LogP contribution in [0, 0.1) is 17.0 Å². The number of hydrogen-bond donors (Lipinski definition) is 1. The van der Waals surface area contributed by atoms with Gasteiger partial charge in [0, 0.05) is 17.0 Å². The maximum absolute atomic E-state index is 14.4. The van der Waals surface area contributed by atoms with Crippen molar-refractivity contribution in [1.82, 2.24) is 14.8 Å². The van der Waals surface area contributed by atoms with E-state index in [1.807, 2.05) is 0 Å². The Labute approximate surface area is 150 Å². The van der Waals surface area contributed by atoms with E-state index in [-0.39, 0.29) is 0 Å². The summed E-state index contributed by atoms with van der Waals surface area (Å²) in [5.74, 6) is -2.07. The molecule has 0 fully saturated rings. The van der Waals surface area contributed by atoms with Crippen molar-refractivity contribution in [3.63, 3.8) is 0 Å². The predicted octanol–water partition coefficient (Wildman–Crippen LogP) is 3.34. The van der Waals surface area contributed by atoms with Gasteiger partial charge in [0.2, 0.25) is 0 Å². The largest absolute Gasteiger partial charge is 0.416 e. The second kappa shape index (κ2) is 7.47. The van der Waals surface area contributed by atoms with E-state index in [0.29, 0.717) is 6.07 Å². The molecule has 1 unspecified atom stereocenters. The average molecular weight is 397 g/mol. The van der Waals surface area contributed by atoms with Crippen LogP contribution in [0.3, 0.4) is 0 Å². The molecule has 11 heteroatoms. The van der Waals surface area contributed by atoms with Gasteiger partial charge in [-0.2, -0.15) is 13.9 Å². The third-order valence-electron chi connectivity index (χ3n) is 4.23. The second-order valence-electron chi connectivity index (χ2n) is 6.61. The molecule has 0 saturated heterocycles. The highest BCUT2D eigenvalue weighted by molar-refractivity contribution is 5.27. The van der Waals surface area contributed by atoms with Gasteiger partial charge >= 0.3 is 12.5 Å². The summed E-state index contributed by atoms with van der Waals surface area (Å²) in [5.41, 5.74) is -4.44. The molecule has 27 heavy (non-hydrogen) atoms. The molecule has 0 spiro atoms. The fourth-order valence-corrected chi connectivity index (χ4v) is 2.50. The fraction of sp³-hybridized carbons (Fsp3) is 0.500. The monoisotopic (exact) mass is 397 g/mol. The molecule has 2 aromatic rings. The van der Waals surface area contributed by atoms with Gasteiger partial charge in [-0.3, -0.25) is 0 Å². The summed E-state index contributed by atoms with van der Waals surface area (Å²) in [6.45, 7) is 0.890. The summed E-state index contributed by atoms with van der Waals surface area (Å²) in [7, 11) is 0. The van der Waals surface area contributed by atoms with Crippen LogP contribution in [-0.4, -0.2) is 39.0 Å². The number of rotatable bonds is 8. The molecule has 0 aliphatic heterocycles. The Hall–Kier alpha value is -2.14. The number of nitrogens with zero attached hydrogens (tertiary/aromatic N) is 3. The molecule has 1 heterocycles. The SMILES string of the molecule is CC(C)(COC(F)(F)C(F)F)C(O)(Cn1cncn1)c1ccc(F)cc1F. The molecule has 0 bridgehead atoms. The zero-order chi connectivity index (χ0) is 20.5. The quantitative estimate of drug-likeness (QED) is 0.695. The van der Waals surface area contributed by atoms with Gasteiger partial charge in [-0.05, 0) is 6.07 Å². The maximum Gasteiger partial charge on any atom is 0.416 e. The number of hydrogen-bond acceptors (Lipinski definition) is 4. The Kier molecular flexibility index (Phi) is 5.85. The van der Waals surface area contributed by atoms with E-state index >= 15 is 0 Å². The van der Waals surface area contributed by atoms with E-state index in [1.54, 1.807) is 0 Å². The Morgan fingerprint density at radius 3 is 2.41 bits per heavy atom. The molecule has 0 saturated carbocycles. The summed E-state index contributed by atoms with van der Waals surface area (Å²) >= 11 is 0. The van der Waals surface area contributed by atoms with Crippen molar-refractivity contribution in [2.45, 2.75) is 38.5 Å². The van der Waals surface area contributed by atoms with Gasteiger partial charge in [0.1, 0.15) is 29.9 Å². The molecule has 0 radical (unpaired) electrons. The van der Waals surface area contributed by atoms with E-state index in [0.717, 1.165) is 23.1 Å². The van der Waals surface area contributed by atoms with Gasteiger partial charge in [-0.1, -0.05) is 19.9 Å². The Morgan fingerprint density at radius 2 is 1.89 bits per heavy atom. The molecule has 0 aliphatic carbocycles. The average Bonchev–Trinajstić information content (AvgIpc) is 3.05. The Balaban J connectivity index is 2.44. The summed E-state index contributed by atoms with van der Waals surface area (Å²) in [6.07, 6.45) is -6.54. The van der Waals surface area contributed by atoms with Crippen LogP contribution in [0.4, 0.5) is 26.3 Å². The number of aromatic nitrogens is 3. The van der Waals surface area contributed by atoms with Crippen molar-refractivity contribution >= 4 is 0 Å². The third-order valence-corrected chi connectivity index (χ3v) is 4.23. The van der Waals surface area contributed by atoms with Gasteiger partial charge in [0.05, 0.1) is 13.2 Å². The number of benzene rings is 1. The van der Waals surface area contributed by atoms with Gasteiger partial charge in [-0.15, -0.1) is 0 Å². The lowest BCUT2D eigenvalue weighted by molar-refractivity contribution is -0.316. The van der Waals surface area contributed by atoms with E-state index < -0.39 is 53.9 Å². The molecule has 5 nitrogen and oxygen atoms in total. The first-order valence-corrected chi connectivity index (χ1v) is 7.69. The van der Waals surface area contributed by atoms with E-state index in [4.69, 9.17) is 0 Å². The van der Waals surface area contributed by atoms with Crippen molar-refractivity contribution in [2.75, 3.05) is 6.61 Å². The molecule has 0 amide bonds. The number of halogens is 6. The summed E-state index contributed by atoms with van der Waals surface area (Å²) < 4.78 is 83.8. The number of alkyl halides is 4. The maximum atomic E-state index is 14.4. The second-order valence-corrected chi connectivity index (χ2v) is 6.61. The molecule has 1 atom stereocenters. The first kappa shape index (κ1) is 21.2. The zero-order valence-corrected chi connectivity index (χ0v) is 14.3. The lowest BCUT2D eigenvalue weighted by atomic mass is 9.71. The minimum Gasteiger partial charge on any atom is -0.382 e. The van der Waals surface area contributed by atoms with Crippen molar-refractivity contribution in [1.29, 1.82) is 0 Å². The summed E-state index contributed by atoms with van der Waals surface area (Å²) in [4.78, 5) is 3.66. The highest BCUT2D eigenvalue weighted by Crippen LogP contribution is 2.43. The molecule has 150 valence electrons. The number of aliphatic hydroxyl groups is 1. The zero-order valence-electron chi connectivity index (χ0n) is 14.3. The van der Waals surface area contributed by atoms with Crippen LogP contribution in [0.2, 0.25) is 0 Å². The lowest BCUT2D eigenvalue weighted by Gasteiger charge is -2.43. The normalized spacial score (nSPS) is 15.2. The van der Waals surface area contributed by atoms with Gasteiger partial charge in [-0.25, -0.2) is 27.2 Å². The Bertz CT molecular complexity index is 770. The van der Waals surface area contributed by atoms with Crippen molar-refractivity contribution in [3.05, 3.63) is 48.1 Å². The molecule has 0 aliphatic rings. The van der Waals surface area contributed by atoms with E-state index in [1.165, 1.54) is 20.2 Å². The van der Waals surface area contributed by atoms with E-state index in [9.17, 15) is 31.4 Å². The van der Waals surface area contributed by atoms with Crippen LogP contribution in [0.5, 0.6) is 0 Å². The molecule has 1 N–H and O–H groups in total. The molecular weight excluding hydrogens is 380 g/mol. The minimum atomic E-state index is -4.76. The van der Waals surface area contributed by atoms with Gasteiger partial charge < -0.3 is 9.84 Å². The highest BCUT2D eigenvalue weighted by atomic mass is 19.3. The highest BCUT2D eigenvalue weighted by Gasteiger charge is 2.51. The lowest BCUT2D eigenvalue weighted by Crippen LogP contribution is -2.50. The first-order valence-electron chi connectivity index (χ1n) is 7.69. The molecule has 2 rings (SSSR count). The fourth-order valence-electron chi connectivity index (χ4n) is 2.50. The van der Waals surface area contributed by atoms with Crippen LogP contribution in [0.15, 0.2) is 30.9 Å². The molecule has 1 aromatic carbocycles. The first-order chi connectivity index (χ1) is 12.4. The standard InChI is InChI=1S/C16H17F6N3O2/c1-14(2,7-27-16(21,22)13(19)20)15(26,6-25-9-23-8-24-25)11-4-3-10(17)5-12(11)18/h3-5,8-9,13,26H,6-7H2,1-2H3. The van der Waals surface area contributed by atoms with Crippen LogP contribution in [0.25, 0.3) is 0 Å². The Morgan fingerprint density at radius 1 is 1.22 bits per heavy atom. The van der Waals surface area contributed by atoms with Crippen molar-refractivity contribution in [2.24, 2.45) is 5.41 Å².